The maximum Gasteiger partial charge on any atom is 0.325 e. The Morgan fingerprint density at radius 1 is 1.33 bits per heavy atom. The third-order valence-corrected chi connectivity index (χ3v) is 1.94. The number of hydrogen-bond acceptors (Lipinski definition) is 2. The van der Waals surface area contributed by atoms with Crippen molar-refractivity contribution in [1.29, 1.82) is 0 Å². The van der Waals surface area contributed by atoms with Gasteiger partial charge in [-0.3, -0.25) is 10.1 Å². The number of rotatable bonds is 0. The Balaban J connectivity index is 2.91. The molecular weight excluding hydrogens is 156 g/mol. The predicted molar refractivity (Wildman–Crippen MR) is 44.6 cm³/mol. The van der Waals surface area contributed by atoms with Crippen LogP contribution in [0.15, 0.2) is 0 Å². The number of imide groups is 1. The third kappa shape index (κ3) is 1.29. The van der Waals surface area contributed by atoms with Gasteiger partial charge in [0.1, 0.15) is 6.04 Å². The minimum Gasteiger partial charge on any atom is -0.308 e. The van der Waals surface area contributed by atoms with Gasteiger partial charge >= 0.3 is 6.03 Å². The lowest BCUT2D eigenvalue weighted by Gasteiger charge is -2.33. The molecule has 1 fully saturated rings. The average Bonchev–Trinajstić information content (AvgIpc) is 2.05. The van der Waals surface area contributed by atoms with Crippen molar-refractivity contribution in [3.63, 3.8) is 0 Å². The van der Waals surface area contributed by atoms with E-state index in [9.17, 15) is 9.59 Å². The largest absolute Gasteiger partial charge is 0.325 e. The van der Waals surface area contributed by atoms with Crippen molar-refractivity contribution in [2.45, 2.75) is 39.3 Å². The van der Waals surface area contributed by atoms with E-state index in [4.69, 9.17) is 0 Å². The molecule has 0 aromatic rings. The van der Waals surface area contributed by atoms with Crippen molar-refractivity contribution in [3.8, 4) is 0 Å². The Kier molecular flexibility index (Phi) is 1.86. The van der Waals surface area contributed by atoms with Crippen LogP contribution in [0.5, 0.6) is 0 Å². The van der Waals surface area contributed by atoms with E-state index in [0.717, 1.165) is 0 Å². The highest BCUT2D eigenvalue weighted by molar-refractivity contribution is 6.04. The summed E-state index contributed by atoms with van der Waals surface area (Å²) >= 11 is 0. The second kappa shape index (κ2) is 2.47. The molecule has 0 aromatic heterocycles. The van der Waals surface area contributed by atoms with Gasteiger partial charge in [0.05, 0.1) is 0 Å². The first-order chi connectivity index (χ1) is 5.34. The Morgan fingerprint density at radius 2 is 1.83 bits per heavy atom. The normalized spacial score (nSPS) is 24.7. The molecule has 0 spiro atoms. The molecule has 1 heterocycles. The van der Waals surface area contributed by atoms with Gasteiger partial charge in [0, 0.05) is 5.54 Å². The van der Waals surface area contributed by atoms with Crippen LogP contribution in [0.3, 0.4) is 0 Å². The van der Waals surface area contributed by atoms with E-state index in [-0.39, 0.29) is 23.5 Å². The van der Waals surface area contributed by atoms with Gasteiger partial charge in [0.2, 0.25) is 0 Å². The fourth-order valence-corrected chi connectivity index (χ4v) is 1.45. The fraction of sp³-hybridized carbons (Fsp3) is 0.750. The topological polar surface area (TPSA) is 49.4 Å². The van der Waals surface area contributed by atoms with Gasteiger partial charge in [-0.05, 0) is 27.7 Å². The van der Waals surface area contributed by atoms with Crippen LogP contribution in [0, 0.1) is 0 Å². The van der Waals surface area contributed by atoms with Gasteiger partial charge in [-0.2, -0.15) is 0 Å². The summed E-state index contributed by atoms with van der Waals surface area (Å²) in [5.41, 5.74) is -0.296. The molecule has 3 amide bonds. The predicted octanol–water partition coefficient (Wildman–Crippen LogP) is 0.725. The monoisotopic (exact) mass is 170 g/mol. The molecule has 1 rings (SSSR count). The van der Waals surface area contributed by atoms with Crippen molar-refractivity contribution >= 4 is 11.9 Å². The summed E-state index contributed by atoms with van der Waals surface area (Å²) in [6.45, 7) is 7.44. The number of amides is 3. The van der Waals surface area contributed by atoms with E-state index in [1.807, 2.05) is 20.8 Å². The van der Waals surface area contributed by atoms with Crippen LogP contribution in [0.1, 0.15) is 27.7 Å². The van der Waals surface area contributed by atoms with E-state index >= 15 is 0 Å². The molecule has 1 aliphatic heterocycles. The van der Waals surface area contributed by atoms with Crippen molar-refractivity contribution < 1.29 is 9.59 Å². The molecule has 1 N–H and O–H groups in total. The van der Waals surface area contributed by atoms with Gasteiger partial charge in [-0.25, -0.2) is 4.79 Å². The summed E-state index contributed by atoms with van der Waals surface area (Å²) in [4.78, 5) is 23.9. The molecule has 68 valence electrons. The molecule has 0 bridgehead atoms. The Labute approximate surface area is 71.9 Å². The smallest absolute Gasteiger partial charge is 0.308 e. The summed E-state index contributed by atoms with van der Waals surface area (Å²) in [5, 5.41) is 2.27. The summed E-state index contributed by atoms with van der Waals surface area (Å²) < 4.78 is 0. The number of nitrogens with one attached hydrogen (secondary N) is 1. The lowest BCUT2D eigenvalue weighted by Crippen LogP contribution is -2.47. The van der Waals surface area contributed by atoms with Crippen LogP contribution < -0.4 is 5.32 Å². The first kappa shape index (κ1) is 9.03. The highest BCUT2D eigenvalue weighted by Crippen LogP contribution is 2.20. The maximum atomic E-state index is 11.2. The van der Waals surface area contributed by atoms with Crippen LogP contribution in [0.25, 0.3) is 0 Å². The van der Waals surface area contributed by atoms with E-state index in [1.165, 1.54) is 0 Å². The molecule has 4 heteroatoms. The second-order valence-corrected chi connectivity index (χ2v) is 4.01. The average molecular weight is 170 g/mol. The van der Waals surface area contributed by atoms with E-state index in [1.54, 1.807) is 11.8 Å². The minimum absolute atomic E-state index is 0.213. The lowest BCUT2D eigenvalue weighted by molar-refractivity contribution is -0.121. The quantitative estimate of drug-likeness (QED) is 0.545. The number of urea groups is 1. The number of carbonyl (C=O) groups excluding carboxylic acids is 2. The first-order valence-corrected chi connectivity index (χ1v) is 3.98. The molecule has 12 heavy (non-hydrogen) atoms. The fourth-order valence-electron chi connectivity index (χ4n) is 1.45. The van der Waals surface area contributed by atoms with Crippen LogP contribution in [0.2, 0.25) is 0 Å². The van der Waals surface area contributed by atoms with Crippen LogP contribution >= 0.6 is 0 Å². The van der Waals surface area contributed by atoms with E-state index < -0.39 is 0 Å². The summed E-state index contributed by atoms with van der Waals surface area (Å²) in [7, 11) is 0. The van der Waals surface area contributed by atoms with Crippen molar-refractivity contribution in [2.24, 2.45) is 0 Å². The Morgan fingerprint density at radius 3 is 2.00 bits per heavy atom. The molecule has 0 unspecified atom stereocenters. The molecule has 1 atom stereocenters. The number of hydrogen-bond donors (Lipinski definition) is 1. The molecule has 0 saturated carbocycles. The van der Waals surface area contributed by atoms with E-state index in [0.29, 0.717) is 0 Å². The molecular formula is C8H14N2O2. The highest BCUT2D eigenvalue weighted by atomic mass is 16.2. The van der Waals surface area contributed by atoms with Gasteiger partial charge in [0.15, 0.2) is 0 Å². The zero-order valence-corrected chi connectivity index (χ0v) is 7.84. The van der Waals surface area contributed by atoms with Crippen molar-refractivity contribution in [3.05, 3.63) is 0 Å². The summed E-state index contributed by atoms with van der Waals surface area (Å²) in [6.07, 6.45) is 0. The number of carbonyl (C=O) groups is 2. The number of nitrogens with zero attached hydrogens (tertiary/aromatic N) is 1. The van der Waals surface area contributed by atoms with Gasteiger partial charge < -0.3 is 4.90 Å². The Hall–Kier alpha value is -1.06. The third-order valence-electron chi connectivity index (χ3n) is 1.94. The molecule has 4 nitrogen and oxygen atoms in total. The molecule has 0 radical (unpaired) electrons. The molecule has 0 aromatic carbocycles. The SMILES string of the molecule is C[C@@H]1C(=O)NC(=O)N1C(C)(C)C. The molecule has 0 aliphatic carbocycles. The Bertz CT molecular complexity index is 230. The van der Waals surface area contributed by atoms with Gasteiger partial charge in [-0.1, -0.05) is 0 Å². The zero-order valence-electron chi connectivity index (χ0n) is 7.84. The zero-order chi connectivity index (χ0) is 9.52. The maximum absolute atomic E-state index is 11.2. The minimum atomic E-state index is -0.350. The van der Waals surface area contributed by atoms with Crippen LogP contribution in [-0.2, 0) is 4.79 Å². The lowest BCUT2D eigenvalue weighted by atomic mass is 10.1. The summed E-state index contributed by atoms with van der Waals surface area (Å²) in [5.74, 6) is -0.213. The van der Waals surface area contributed by atoms with E-state index in [2.05, 4.69) is 5.32 Å². The van der Waals surface area contributed by atoms with Gasteiger partial charge in [-0.15, -0.1) is 0 Å². The van der Waals surface area contributed by atoms with Crippen LogP contribution in [-0.4, -0.2) is 28.4 Å². The molecule has 1 aliphatic rings. The van der Waals surface area contributed by atoms with Crippen molar-refractivity contribution in [1.82, 2.24) is 10.2 Å². The summed E-state index contributed by atoms with van der Waals surface area (Å²) in [6, 6.07) is -0.641. The highest BCUT2D eigenvalue weighted by Gasteiger charge is 2.41. The standard InChI is InChI=1S/C8H14N2O2/c1-5-6(11)9-7(12)10(5)8(2,3)4/h5H,1-4H3,(H,9,11,12)/t5-/m1/s1. The van der Waals surface area contributed by atoms with Crippen molar-refractivity contribution in [2.75, 3.05) is 0 Å². The molecule has 1 saturated heterocycles. The van der Waals surface area contributed by atoms with Crippen LogP contribution in [0.4, 0.5) is 4.79 Å². The second-order valence-electron chi connectivity index (χ2n) is 4.01. The van der Waals surface area contributed by atoms with Gasteiger partial charge in [0.25, 0.3) is 5.91 Å². The first-order valence-electron chi connectivity index (χ1n) is 3.98.